The zero-order chi connectivity index (χ0) is 12.3. The molecular weight excluding hydrogens is 240 g/mol. The first kappa shape index (κ1) is 12.8. The average Bonchev–Trinajstić information content (AvgIpc) is 3.11. The molecule has 17 heavy (non-hydrogen) atoms. The zero-order valence-corrected chi connectivity index (χ0v) is 10.9. The van der Waals surface area contributed by atoms with Crippen molar-refractivity contribution in [1.82, 2.24) is 14.8 Å². The molecule has 1 heterocycles. The third-order valence-corrected chi connectivity index (χ3v) is 3.68. The number of ether oxygens (including phenoxy) is 2. The SMILES string of the molecule is COC(CSc1nnc(CN)n1C1CC1)OC. The molecule has 0 radical (unpaired) electrons. The van der Waals surface area contributed by atoms with Crippen molar-refractivity contribution >= 4 is 11.8 Å². The van der Waals surface area contributed by atoms with Crippen molar-refractivity contribution in [3.63, 3.8) is 0 Å². The molecular formula is C10H18N4O2S. The Hall–Kier alpha value is -0.630. The van der Waals surface area contributed by atoms with Gasteiger partial charge in [0.15, 0.2) is 11.4 Å². The van der Waals surface area contributed by atoms with Crippen LogP contribution in [0, 0.1) is 0 Å². The molecule has 0 aromatic carbocycles. The summed E-state index contributed by atoms with van der Waals surface area (Å²) in [4.78, 5) is 0. The van der Waals surface area contributed by atoms with Gasteiger partial charge in [0.05, 0.1) is 12.3 Å². The van der Waals surface area contributed by atoms with Gasteiger partial charge < -0.3 is 19.8 Å². The monoisotopic (exact) mass is 258 g/mol. The van der Waals surface area contributed by atoms with E-state index in [0.717, 1.165) is 11.0 Å². The van der Waals surface area contributed by atoms with Gasteiger partial charge in [-0.25, -0.2) is 0 Å². The van der Waals surface area contributed by atoms with Crippen LogP contribution in [0.4, 0.5) is 0 Å². The molecule has 0 amide bonds. The first-order chi connectivity index (χ1) is 8.30. The van der Waals surface area contributed by atoms with Crippen LogP contribution in [0.15, 0.2) is 5.16 Å². The van der Waals surface area contributed by atoms with E-state index in [1.54, 1.807) is 26.0 Å². The number of hydrogen-bond donors (Lipinski definition) is 1. The van der Waals surface area contributed by atoms with Gasteiger partial charge in [0, 0.05) is 20.3 Å². The number of nitrogens with two attached hydrogens (primary N) is 1. The Morgan fingerprint density at radius 1 is 1.41 bits per heavy atom. The lowest BCUT2D eigenvalue weighted by atomic mass is 10.5. The maximum absolute atomic E-state index is 5.66. The summed E-state index contributed by atoms with van der Waals surface area (Å²) in [7, 11) is 3.26. The van der Waals surface area contributed by atoms with Crippen molar-refractivity contribution in [2.75, 3.05) is 20.0 Å². The third-order valence-electron chi connectivity index (χ3n) is 2.70. The number of hydrogen-bond acceptors (Lipinski definition) is 6. The normalized spacial score (nSPS) is 15.8. The molecule has 1 aromatic heterocycles. The van der Waals surface area contributed by atoms with Crippen molar-refractivity contribution in [2.45, 2.75) is 36.9 Å². The molecule has 0 atom stereocenters. The Balaban J connectivity index is 2.02. The molecule has 1 aliphatic rings. The van der Waals surface area contributed by atoms with Crippen LogP contribution in [0.2, 0.25) is 0 Å². The van der Waals surface area contributed by atoms with Crippen LogP contribution in [-0.2, 0) is 16.0 Å². The van der Waals surface area contributed by atoms with Gasteiger partial charge in [0.2, 0.25) is 0 Å². The summed E-state index contributed by atoms with van der Waals surface area (Å²) < 4.78 is 12.4. The Bertz CT molecular complexity index is 363. The minimum absolute atomic E-state index is 0.217. The van der Waals surface area contributed by atoms with Crippen molar-refractivity contribution in [2.24, 2.45) is 5.73 Å². The maximum Gasteiger partial charge on any atom is 0.191 e. The highest BCUT2D eigenvalue weighted by Crippen LogP contribution is 2.38. The molecule has 6 nitrogen and oxygen atoms in total. The third kappa shape index (κ3) is 2.98. The summed E-state index contributed by atoms with van der Waals surface area (Å²) in [6.45, 7) is 0.433. The lowest BCUT2D eigenvalue weighted by Crippen LogP contribution is -2.16. The van der Waals surface area contributed by atoms with E-state index in [4.69, 9.17) is 15.2 Å². The quantitative estimate of drug-likeness (QED) is 0.575. The fraction of sp³-hybridized carbons (Fsp3) is 0.800. The van der Waals surface area contributed by atoms with Crippen LogP contribution in [0.25, 0.3) is 0 Å². The molecule has 96 valence electrons. The second kappa shape index (κ2) is 5.81. The van der Waals surface area contributed by atoms with E-state index in [-0.39, 0.29) is 6.29 Å². The molecule has 0 aliphatic heterocycles. The lowest BCUT2D eigenvalue weighted by Gasteiger charge is -2.13. The van der Waals surface area contributed by atoms with Crippen LogP contribution in [0.3, 0.4) is 0 Å². The Labute approximate surface area is 105 Å². The van der Waals surface area contributed by atoms with Gasteiger partial charge in [-0.1, -0.05) is 11.8 Å². The van der Waals surface area contributed by atoms with Crippen LogP contribution in [0.5, 0.6) is 0 Å². The molecule has 2 rings (SSSR count). The summed E-state index contributed by atoms with van der Waals surface area (Å²) in [5.41, 5.74) is 5.66. The molecule has 0 saturated heterocycles. The first-order valence-electron chi connectivity index (χ1n) is 5.62. The molecule has 0 spiro atoms. The molecule has 2 N–H and O–H groups in total. The highest BCUT2D eigenvalue weighted by atomic mass is 32.2. The molecule has 1 saturated carbocycles. The molecule has 7 heteroatoms. The molecule has 1 aromatic rings. The number of nitrogens with zero attached hydrogens (tertiary/aromatic N) is 3. The molecule has 0 bridgehead atoms. The van der Waals surface area contributed by atoms with Gasteiger partial charge >= 0.3 is 0 Å². The van der Waals surface area contributed by atoms with E-state index in [0.29, 0.717) is 18.3 Å². The van der Waals surface area contributed by atoms with E-state index in [1.807, 2.05) is 0 Å². The minimum atomic E-state index is -0.217. The Morgan fingerprint density at radius 2 is 2.12 bits per heavy atom. The summed E-state index contributed by atoms with van der Waals surface area (Å²) in [5, 5.41) is 9.19. The van der Waals surface area contributed by atoms with Crippen LogP contribution < -0.4 is 5.73 Å². The topological polar surface area (TPSA) is 75.2 Å². The number of methoxy groups -OCH3 is 2. The number of rotatable bonds is 7. The molecule has 1 fully saturated rings. The van der Waals surface area contributed by atoms with Crippen molar-refractivity contribution < 1.29 is 9.47 Å². The standard InChI is InChI=1S/C10H18N4O2S/c1-15-9(16-2)6-17-10-13-12-8(5-11)14(10)7-3-4-7/h7,9H,3-6,11H2,1-2H3. The van der Waals surface area contributed by atoms with Gasteiger partial charge in [-0.05, 0) is 12.8 Å². The van der Waals surface area contributed by atoms with E-state index < -0.39 is 0 Å². The second-order valence-corrected chi connectivity index (χ2v) is 4.90. The minimum Gasteiger partial charge on any atom is -0.355 e. The number of thioether (sulfide) groups is 1. The predicted octanol–water partition coefficient (Wildman–Crippen LogP) is 0.783. The van der Waals surface area contributed by atoms with Gasteiger partial charge in [0.25, 0.3) is 0 Å². The summed E-state index contributed by atoms with van der Waals surface area (Å²) >= 11 is 1.59. The van der Waals surface area contributed by atoms with Crippen molar-refractivity contribution in [3.8, 4) is 0 Å². The summed E-state index contributed by atoms with van der Waals surface area (Å²) in [6, 6.07) is 0.537. The van der Waals surface area contributed by atoms with Crippen LogP contribution in [-0.4, -0.2) is 41.0 Å². The fourth-order valence-corrected chi connectivity index (χ4v) is 2.67. The largest absolute Gasteiger partial charge is 0.355 e. The highest BCUT2D eigenvalue weighted by Gasteiger charge is 2.29. The van der Waals surface area contributed by atoms with Crippen molar-refractivity contribution in [3.05, 3.63) is 5.82 Å². The maximum atomic E-state index is 5.66. The van der Waals surface area contributed by atoms with E-state index in [1.165, 1.54) is 12.8 Å². The van der Waals surface area contributed by atoms with Crippen molar-refractivity contribution in [1.29, 1.82) is 0 Å². The van der Waals surface area contributed by atoms with E-state index >= 15 is 0 Å². The van der Waals surface area contributed by atoms with E-state index in [9.17, 15) is 0 Å². The fourth-order valence-electron chi connectivity index (χ4n) is 1.62. The lowest BCUT2D eigenvalue weighted by molar-refractivity contribution is -0.0842. The average molecular weight is 258 g/mol. The smallest absolute Gasteiger partial charge is 0.191 e. The van der Waals surface area contributed by atoms with Crippen LogP contribution >= 0.6 is 11.8 Å². The van der Waals surface area contributed by atoms with Gasteiger partial charge in [-0.15, -0.1) is 10.2 Å². The molecule has 1 aliphatic carbocycles. The second-order valence-electron chi connectivity index (χ2n) is 3.92. The molecule has 0 unspecified atom stereocenters. The number of aromatic nitrogens is 3. The van der Waals surface area contributed by atoms with Gasteiger partial charge in [-0.3, -0.25) is 0 Å². The van der Waals surface area contributed by atoms with E-state index in [2.05, 4.69) is 14.8 Å². The highest BCUT2D eigenvalue weighted by molar-refractivity contribution is 7.99. The zero-order valence-electron chi connectivity index (χ0n) is 10.1. The Kier molecular flexibility index (Phi) is 4.38. The Morgan fingerprint density at radius 3 is 2.65 bits per heavy atom. The van der Waals surface area contributed by atoms with Gasteiger partial charge in [-0.2, -0.15) is 0 Å². The van der Waals surface area contributed by atoms with Crippen LogP contribution in [0.1, 0.15) is 24.7 Å². The predicted molar refractivity (Wildman–Crippen MR) is 64.7 cm³/mol. The first-order valence-corrected chi connectivity index (χ1v) is 6.61. The summed E-state index contributed by atoms with van der Waals surface area (Å²) in [5.74, 6) is 1.56. The van der Waals surface area contributed by atoms with Gasteiger partial charge in [0.1, 0.15) is 5.82 Å². The summed E-state index contributed by atoms with van der Waals surface area (Å²) in [6.07, 6.45) is 2.17.